The molecule has 4 nitrogen and oxygen atoms in total. The standard InChI is InChI=1S/C14H21N3O/c1-3-13(15)11-4-6-12(7-5-11)17-9-8-16(2)14(18)10-17/h4-7,13H,3,8-10,15H2,1-2H3/t13-/m0/s1. The fourth-order valence-electron chi connectivity index (χ4n) is 2.15. The highest BCUT2D eigenvalue weighted by atomic mass is 16.2. The maximum Gasteiger partial charge on any atom is 0.241 e. The van der Waals surface area contributed by atoms with Gasteiger partial charge in [0.15, 0.2) is 0 Å². The second-order valence-corrected chi connectivity index (χ2v) is 4.84. The molecule has 2 N–H and O–H groups in total. The fraction of sp³-hybridized carbons (Fsp3) is 0.500. The lowest BCUT2D eigenvalue weighted by Crippen LogP contribution is -2.48. The average molecular weight is 247 g/mol. The van der Waals surface area contributed by atoms with Crippen molar-refractivity contribution in [3.8, 4) is 0 Å². The third-order valence-corrected chi connectivity index (χ3v) is 3.58. The molecule has 4 heteroatoms. The molecule has 1 saturated heterocycles. The molecule has 1 fully saturated rings. The van der Waals surface area contributed by atoms with E-state index in [1.807, 2.05) is 7.05 Å². The Morgan fingerprint density at radius 1 is 1.28 bits per heavy atom. The van der Waals surface area contributed by atoms with E-state index in [1.54, 1.807) is 4.90 Å². The maximum atomic E-state index is 11.7. The van der Waals surface area contributed by atoms with E-state index in [0.29, 0.717) is 6.54 Å². The van der Waals surface area contributed by atoms with Gasteiger partial charge in [-0.2, -0.15) is 0 Å². The number of likely N-dealkylation sites (N-methyl/N-ethyl adjacent to an activating group) is 1. The van der Waals surface area contributed by atoms with Gasteiger partial charge in [-0.3, -0.25) is 4.79 Å². The number of nitrogens with two attached hydrogens (primary N) is 1. The zero-order chi connectivity index (χ0) is 13.1. The molecular formula is C14H21N3O. The van der Waals surface area contributed by atoms with Crippen molar-refractivity contribution in [3.63, 3.8) is 0 Å². The summed E-state index contributed by atoms with van der Waals surface area (Å²) in [5.41, 5.74) is 8.24. The molecule has 1 aliphatic heterocycles. The number of nitrogens with zero attached hydrogens (tertiary/aromatic N) is 2. The van der Waals surface area contributed by atoms with E-state index in [9.17, 15) is 4.79 Å². The number of benzene rings is 1. The second kappa shape index (κ2) is 5.40. The van der Waals surface area contributed by atoms with Gasteiger partial charge in [-0.15, -0.1) is 0 Å². The van der Waals surface area contributed by atoms with Gasteiger partial charge >= 0.3 is 0 Å². The molecule has 18 heavy (non-hydrogen) atoms. The summed E-state index contributed by atoms with van der Waals surface area (Å²) in [7, 11) is 1.85. The van der Waals surface area contributed by atoms with E-state index in [-0.39, 0.29) is 11.9 Å². The molecule has 0 radical (unpaired) electrons. The van der Waals surface area contributed by atoms with Crippen LogP contribution in [0.2, 0.25) is 0 Å². The summed E-state index contributed by atoms with van der Waals surface area (Å²) in [6.45, 7) is 4.23. The van der Waals surface area contributed by atoms with Crippen molar-refractivity contribution < 1.29 is 4.79 Å². The molecule has 2 rings (SSSR count). The van der Waals surface area contributed by atoms with Crippen LogP contribution in [-0.4, -0.2) is 37.5 Å². The molecular weight excluding hydrogens is 226 g/mol. The third-order valence-electron chi connectivity index (χ3n) is 3.58. The van der Waals surface area contributed by atoms with E-state index in [0.717, 1.165) is 30.8 Å². The Labute approximate surface area is 108 Å². The van der Waals surface area contributed by atoms with Crippen LogP contribution >= 0.6 is 0 Å². The zero-order valence-corrected chi connectivity index (χ0v) is 11.1. The first-order valence-electron chi connectivity index (χ1n) is 6.46. The first kappa shape index (κ1) is 12.9. The highest BCUT2D eigenvalue weighted by Crippen LogP contribution is 2.20. The normalized spacial score (nSPS) is 18.1. The molecule has 1 heterocycles. The number of piperazine rings is 1. The van der Waals surface area contributed by atoms with E-state index in [2.05, 4.69) is 36.1 Å². The van der Waals surface area contributed by atoms with Gasteiger partial charge in [-0.25, -0.2) is 0 Å². The molecule has 0 spiro atoms. The van der Waals surface area contributed by atoms with Gasteiger partial charge in [0.05, 0.1) is 6.54 Å². The molecule has 1 aromatic rings. The number of carbonyl (C=O) groups is 1. The number of rotatable bonds is 3. The lowest BCUT2D eigenvalue weighted by molar-refractivity contribution is -0.129. The Kier molecular flexibility index (Phi) is 3.87. The number of carbonyl (C=O) groups excluding carboxylic acids is 1. The number of amides is 1. The number of hydrogen-bond acceptors (Lipinski definition) is 3. The molecule has 1 aromatic carbocycles. The van der Waals surface area contributed by atoms with Crippen LogP contribution in [0.3, 0.4) is 0 Å². The fourth-order valence-corrected chi connectivity index (χ4v) is 2.15. The Morgan fingerprint density at radius 3 is 2.50 bits per heavy atom. The lowest BCUT2D eigenvalue weighted by atomic mass is 10.0. The Morgan fingerprint density at radius 2 is 1.94 bits per heavy atom. The molecule has 1 atom stereocenters. The summed E-state index contributed by atoms with van der Waals surface area (Å²) in [5.74, 6) is 0.176. The summed E-state index contributed by atoms with van der Waals surface area (Å²) >= 11 is 0. The second-order valence-electron chi connectivity index (χ2n) is 4.84. The lowest BCUT2D eigenvalue weighted by Gasteiger charge is -2.33. The van der Waals surface area contributed by atoms with E-state index < -0.39 is 0 Å². The first-order chi connectivity index (χ1) is 8.61. The monoisotopic (exact) mass is 247 g/mol. The van der Waals surface area contributed by atoms with Crippen LogP contribution in [0.1, 0.15) is 24.9 Å². The van der Waals surface area contributed by atoms with Crippen LogP contribution in [-0.2, 0) is 4.79 Å². The predicted molar refractivity (Wildman–Crippen MR) is 73.5 cm³/mol. The van der Waals surface area contributed by atoms with Gasteiger partial charge < -0.3 is 15.5 Å². The van der Waals surface area contributed by atoms with Crippen molar-refractivity contribution in [2.45, 2.75) is 19.4 Å². The summed E-state index contributed by atoms with van der Waals surface area (Å²) in [6, 6.07) is 8.35. The minimum Gasteiger partial charge on any atom is -0.360 e. The van der Waals surface area contributed by atoms with E-state index in [4.69, 9.17) is 5.73 Å². The van der Waals surface area contributed by atoms with E-state index >= 15 is 0 Å². The highest BCUT2D eigenvalue weighted by Gasteiger charge is 2.21. The zero-order valence-electron chi connectivity index (χ0n) is 11.1. The molecule has 0 bridgehead atoms. The molecule has 1 amide bonds. The summed E-state index contributed by atoms with van der Waals surface area (Å²) in [5, 5.41) is 0. The van der Waals surface area contributed by atoms with Crippen molar-refractivity contribution in [2.75, 3.05) is 31.6 Å². The van der Waals surface area contributed by atoms with Crippen LogP contribution < -0.4 is 10.6 Å². The maximum absolute atomic E-state index is 11.7. The molecule has 0 aromatic heterocycles. The third kappa shape index (κ3) is 2.64. The molecule has 1 aliphatic rings. The van der Waals surface area contributed by atoms with Crippen molar-refractivity contribution >= 4 is 11.6 Å². The summed E-state index contributed by atoms with van der Waals surface area (Å²) in [4.78, 5) is 15.6. The van der Waals surface area contributed by atoms with Crippen molar-refractivity contribution in [1.29, 1.82) is 0 Å². The van der Waals surface area contributed by atoms with Crippen LogP contribution in [0, 0.1) is 0 Å². The van der Waals surface area contributed by atoms with Crippen molar-refractivity contribution in [2.24, 2.45) is 5.73 Å². The van der Waals surface area contributed by atoms with Gasteiger partial charge in [-0.1, -0.05) is 19.1 Å². The Hall–Kier alpha value is -1.55. The molecule has 0 unspecified atom stereocenters. The summed E-state index contributed by atoms with van der Waals surface area (Å²) in [6.07, 6.45) is 0.937. The van der Waals surface area contributed by atoms with Gasteiger partial charge in [-0.05, 0) is 24.1 Å². The summed E-state index contributed by atoms with van der Waals surface area (Å²) < 4.78 is 0. The van der Waals surface area contributed by atoms with Gasteiger partial charge in [0.2, 0.25) is 5.91 Å². The van der Waals surface area contributed by atoms with Crippen LogP contribution in [0.25, 0.3) is 0 Å². The van der Waals surface area contributed by atoms with Crippen LogP contribution in [0.4, 0.5) is 5.69 Å². The quantitative estimate of drug-likeness (QED) is 0.877. The van der Waals surface area contributed by atoms with Crippen LogP contribution in [0.15, 0.2) is 24.3 Å². The van der Waals surface area contributed by atoms with Crippen molar-refractivity contribution in [3.05, 3.63) is 29.8 Å². The largest absolute Gasteiger partial charge is 0.360 e. The smallest absolute Gasteiger partial charge is 0.241 e. The molecule has 0 aliphatic carbocycles. The van der Waals surface area contributed by atoms with Gasteiger partial charge in [0, 0.05) is 31.9 Å². The van der Waals surface area contributed by atoms with Crippen molar-refractivity contribution in [1.82, 2.24) is 4.90 Å². The highest BCUT2D eigenvalue weighted by molar-refractivity contribution is 5.82. The minimum atomic E-state index is 0.105. The predicted octanol–water partition coefficient (Wildman–Crippen LogP) is 1.37. The SMILES string of the molecule is CC[C@H](N)c1ccc(N2CCN(C)C(=O)C2)cc1. The van der Waals surface area contributed by atoms with Crippen LogP contribution in [0.5, 0.6) is 0 Å². The topological polar surface area (TPSA) is 49.6 Å². The molecule has 98 valence electrons. The first-order valence-corrected chi connectivity index (χ1v) is 6.46. The Balaban J connectivity index is 2.08. The number of hydrogen-bond donors (Lipinski definition) is 1. The van der Waals surface area contributed by atoms with Gasteiger partial charge in [0.25, 0.3) is 0 Å². The van der Waals surface area contributed by atoms with Gasteiger partial charge in [0.1, 0.15) is 0 Å². The number of anilines is 1. The molecule has 0 saturated carbocycles. The Bertz CT molecular complexity index is 416. The average Bonchev–Trinajstić information content (AvgIpc) is 2.41. The van der Waals surface area contributed by atoms with E-state index in [1.165, 1.54) is 0 Å². The minimum absolute atomic E-state index is 0.105.